The van der Waals surface area contributed by atoms with Crippen molar-refractivity contribution in [2.75, 3.05) is 47.5 Å². The zero-order valence-electron chi connectivity index (χ0n) is 38.7. The van der Waals surface area contributed by atoms with Crippen LogP contribution in [0.5, 0.6) is 0 Å². The molecular formula is C50H82NO10P. The monoisotopic (exact) mass is 888 g/mol. The molecule has 0 heterocycles. The summed E-state index contributed by atoms with van der Waals surface area (Å²) >= 11 is 0. The first-order chi connectivity index (χ1) is 29.8. The molecule has 0 amide bonds. The van der Waals surface area contributed by atoms with Crippen LogP contribution in [0.3, 0.4) is 0 Å². The van der Waals surface area contributed by atoms with Crippen LogP contribution in [0.4, 0.5) is 0 Å². The average Bonchev–Trinajstić information content (AvgIpc) is 3.21. The van der Waals surface area contributed by atoms with Crippen molar-refractivity contribution < 1.29 is 52.3 Å². The highest BCUT2D eigenvalue weighted by molar-refractivity contribution is 7.45. The molecular weight excluding hydrogens is 806 g/mol. The number of aliphatic hydroxyl groups is 2. The maximum atomic E-state index is 12.7. The summed E-state index contributed by atoms with van der Waals surface area (Å²) < 4.78 is 33.7. The molecule has 0 saturated carbocycles. The van der Waals surface area contributed by atoms with Gasteiger partial charge in [0.15, 0.2) is 6.10 Å². The minimum absolute atomic E-state index is 0.00202. The first-order valence-corrected chi connectivity index (χ1v) is 24.3. The van der Waals surface area contributed by atoms with Crippen molar-refractivity contribution in [1.29, 1.82) is 0 Å². The third-order valence-electron chi connectivity index (χ3n) is 8.97. The maximum Gasteiger partial charge on any atom is 0.306 e. The topological polar surface area (TPSA) is 152 Å². The molecule has 0 aliphatic carbocycles. The van der Waals surface area contributed by atoms with Gasteiger partial charge in [0, 0.05) is 12.8 Å². The highest BCUT2D eigenvalue weighted by Gasteiger charge is 2.22. The first kappa shape index (κ1) is 58.6. The van der Waals surface area contributed by atoms with Crippen LogP contribution in [-0.2, 0) is 32.7 Å². The number of quaternary nitrogens is 1. The lowest BCUT2D eigenvalue weighted by atomic mass is 10.1. The number of ether oxygens (including phenoxy) is 2. The number of carbonyl (C=O) groups excluding carboxylic acids is 2. The molecule has 1 unspecified atom stereocenters. The number of hydrogen-bond donors (Lipinski definition) is 2. The lowest BCUT2D eigenvalue weighted by molar-refractivity contribution is -0.870. The second kappa shape index (κ2) is 40.4. The molecule has 4 atom stereocenters. The fourth-order valence-corrected chi connectivity index (χ4v) is 6.07. The summed E-state index contributed by atoms with van der Waals surface area (Å²) in [5, 5.41) is 20.3. The summed E-state index contributed by atoms with van der Waals surface area (Å²) in [6, 6.07) is 0. The van der Waals surface area contributed by atoms with Gasteiger partial charge in [-0.15, -0.1) is 0 Å². The van der Waals surface area contributed by atoms with E-state index in [-0.39, 0.29) is 19.4 Å². The predicted octanol–water partition coefficient (Wildman–Crippen LogP) is 10.4. The summed E-state index contributed by atoms with van der Waals surface area (Å²) in [6.07, 6.45) is 47.5. The smallest absolute Gasteiger partial charge is 0.306 e. The van der Waals surface area contributed by atoms with Crippen LogP contribution < -0.4 is 4.89 Å². The fourth-order valence-electron chi connectivity index (χ4n) is 5.34. The molecule has 0 rings (SSSR count). The van der Waals surface area contributed by atoms with E-state index in [1.165, 1.54) is 19.3 Å². The van der Waals surface area contributed by atoms with Crippen LogP contribution in [0, 0.1) is 0 Å². The van der Waals surface area contributed by atoms with Crippen LogP contribution in [0.2, 0.25) is 0 Å². The number of likely N-dealkylation sites (N-methyl/N-ethyl adjacent to an activating group) is 1. The number of carbonyl (C=O) groups is 2. The van der Waals surface area contributed by atoms with Crippen LogP contribution in [0.25, 0.3) is 0 Å². The predicted molar refractivity (Wildman–Crippen MR) is 252 cm³/mol. The van der Waals surface area contributed by atoms with Gasteiger partial charge in [0.05, 0.1) is 40.0 Å². The fraction of sp³-hybridized carbons (Fsp3) is 0.600. The number of aliphatic hydroxyl groups excluding tert-OH is 2. The largest absolute Gasteiger partial charge is 0.756 e. The van der Waals surface area contributed by atoms with E-state index in [1.807, 2.05) is 27.2 Å². The number of hydrogen-bond acceptors (Lipinski definition) is 10. The van der Waals surface area contributed by atoms with Crippen molar-refractivity contribution in [2.24, 2.45) is 0 Å². The van der Waals surface area contributed by atoms with E-state index >= 15 is 0 Å². The van der Waals surface area contributed by atoms with E-state index in [4.69, 9.17) is 18.5 Å². The first-order valence-electron chi connectivity index (χ1n) is 22.8. The Kier molecular flexibility index (Phi) is 38.1. The Bertz CT molecular complexity index is 1450. The van der Waals surface area contributed by atoms with Gasteiger partial charge in [0.25, 0.3) is 7.82 Å². The Balaban J connectivity index is 4.68. The molecule has 11 nitrogen and oxygen atoms in total. The van der Waals surface area contributed by atoms with E-state index in [0.717, 1.165) is 57.8 Å². The van der Waals surface area contributed by atoms with Crippen LogP contribution in [0.1, 0.15) is 129 Å². The van der Waals surface area contributed by atoms with Gasteiger partial charge < -0.3 is 38.1 Å². The number of phosphoric ester groups is 1. The molecule has 0 bridgehead atoms. The van der Waals surface area contributed by atoms with Crippen LogP contribution >= 0.6 is 7.82 Å². The van der Waals surface area contributed by atoms with Gasteiger partial charge in [-0.2, -0.15) is 0 Å². The van der Waals surface area contributed by atoms with Gasteiger partial charge in [0.1, 0.15) is 19.8 Å². The molecule has 0 aromatic carbocycles. The van der Waals surface area contributed by atoms with E-state index in [0.29, 0.717) is 36.7 Å². The molecule has 2 N–H and O–H groups in total. The summed E-state index contributed by atoms with van der Waals surface area (Å²) in [7, 11) is 0.985. The lowest BCUT2D eigenvalue weighted by Crippen LogP contribution is -2.37. The molecule has 0 aromatic rings. The third kappa shape index (κ3) is 43.2. The van der Waals surface area contributed by atoms with Gasteiger partial charge in [-0.25, -0.2) is 0 Å². The molecule has 12 heteroatoms. The average molecular weight is 888 g/mol. The summed E-state index contributed by atoms with van der Waals surface area (Å²) in [4.78, 5) is 37.6. The van der Waals surface area contributed by atoms with Gasteiger partial charge in [-0.05, 0) is 83.5 Å². The molecule has 0 saturated heterocycles. The zero-order chi connectivity index (χ0) is 46.0. The van der Waals surface area contributed by atoms with Crippen molar-refractivity contribution >= 4 is 19.8 Å². The van der Waals surface area contributed by atoms with Gasteiger partial charge in [-0.3, -0.25) is 14.2 Å². The number of esters is 2. The van der Waals surface area contributed by atoms with Crippen molar-refractivity contribution in [3.8, 4) is 0 Å². The van der Waals surface area contributed by atoms with E-state index in [9.17, 15) is 29.3 Å². The second-order valence-electron chi connectivity index (χ2n) is 16.1. The Hall–Kier alpha value is -3.41. The van der Waals surface area contributed by atoms with E-state index in [2.05, 4.69) is 80.7 Å². The second-order valence-corrected chi connectivity index (χ2v) is 17.5. The number of nitrogens with zero attached hydrogens (tertiary/aromatic N) is 1. The minimum Gasteiger partial charge on any atom is -0.756 e. The highest BCUT2D eigenvalue weighted by atomic mass is 31.2. The number of unbranched alkanes of at least 4 members (excludes halogenated alkanes) is 6. The Labute approximate surface area is 375 Å². The number of phosphoric acid groups is 1. The molecule has 0 fully saturated rings. The van der Waals surface area contributed by atoms with Crippen molar-refractivity contribution in [2.45, 2.75) is 148 Å². The molecule has 352 valence electrons. The quantitative estimate of drug-likeness (QED) is 0.0152. The molecule has 0 aromatic heterocycles. The normalized spacial score (nSPS) is 15.5. The van der Waals surface area contributed by atoms with Crippen molar-refractivity contribution in [3.05, 3.63) is 109 Å². The van der Waals surface area contributed by atoms with Crippen molar-refractivity contribution in [3.63, 3.8) is 0 Å². The maximum absolute atomic E-state index is 12.7. The summed E-state index contributed by atoms with van der Waals surface area (Å²) in [6.45, 7) is 3.69. The molecule has 0 aliphatic heterocycles. The molecule has 0 spiro atoms. The van der Waals surface area contributed by atoms with Crippen LogP contribution in [-0.4, -0.2) is 92.5 Å². The molecule has 0 radical (unpaired) electrons. The van der Waals surface area contributed by atoms with Crippen LogP contribution in [0.15, 0.2) is 109 Å². The van der Waals surface area contributed by atoms with Gasteiger partial charge in [-0.1, -0.05) is 142 Å². The SMILES string of the molecule is CC/C=C\C/C=C\C/C=C\C/C=C\C/C=C\CCCCCC(=O)O[C@H](COC(=O)CCC[C@H](O)\C=C/C=C/C=C/[C@H](O)C/C=C\CCCCC)COP(=O)([O-])OCC[N+](C)(C)C. The van der Waals surface area contributed by atoms with Gasteiger partial charge in [0.2, 0.25) is 0 Å². The number of allylic oxidation sites excluding steroid dienone is 15. The van der Waals surface area contributed by atoms with E-state index < -0.39 is 51.3 Å². The Morgan fingerprint density at radius 3 is 1.77 bits per heavy atom. The van der Waals surface area contributed by atoms with Crippen molar-refractivity contribution in [1.82, 2.24) is 0 Å². The van der Waals surface area contributed by atoms with Gasteiger partial charge >= 0.3 is 11.9 Å². The molecule has 0 aliphatic rings. The summed E-state index contributed by atoms with van der Waals surface area (Å²) in [5.74, 6) is -1.13. The highest BCUT2D eigenvalue weighted by Crippen LogP contribution is 2.38. The summed E-state index contributed by atoms with van der Waals surface area (Å²) in [5.41, 5.74) is 0. The zero-order valence-corrected chi connectivity index (χ0v) is 39.6. The third-order valence-corrected chi connectivity index (χ3v) is 9.93. The molecule has 62 heavy (non-hydrogen) atoms. The Morgan fingerprint density at radius 1 is 0.629 bits per heavy atom. The van der Waals surface area contributed by atoms with E-state index in [1.54, 1.807) is 36.5 Å². The standard InChI is InChI=1S/C50H82NO10P/c1-6-8-10-12-14-15-16-17-18-19-20-21-22-23-24-25-26-28-34-40-50(55)61-48(45-60-62(56,57)59-43-42-51(3,4)5)44-58-49(54)41-35-39-47(53)38-33-30-29-32-37-46(52)36-31-27-13-11-9-7-2/h8,10,14-15,17-18,20-21,23-24,27,29-33,37-38,46-48,52-53H,6-7,9,11-13,16,19,22,25-26,28,34-36,39-45H2,1-5H3/b10-8-,15-14-,18-17-,21-20-,24-23-,30-29+,31-27-,37-32+,38-33-/t46-,47-,48-/m1/s1. The number of rotatable bonds is 39. The Morgan fingerprint density at radius 2 is 1.18 bits per heavy atom. The minimum atomic E-state index is -4.70. The lowest BCUT2D eigenvalue weighted by Gasteiger charge is -2.28.